The quantitative estimate of drug-likeness (QED) is 0.330. The number of hydrogen-bond donors (Lipinski definition) is 2. The fourth-order valence-corrected chi connectivity index (χ4v) is 2.22. The van der Waals surface area contributed by atoms with Gasteiger partial charge in [-0.3, -0.25) is 9.79 Å². The summed E-state index contributed by atoms with van der Waals surface area (Å²) in [6, 6.07) is 7.28. The number of aliphatic imine (C=N–C) groups is 1. The maximum Gasteiger partial charge on any atom is 0.227 e. The zero-order valence-electron chi connectivity index (χ0n) is 16.1. The first-order chi connectivity index (χ1) is 11.8. The van der Waals surface area contributed by atoms with Gasteiger partial charge < -0.3 is 20.3 Å². The molecule has 0 aliphatic rings. The molecule has 0 aromatic heterocycles. The van der Waals surface area contributed by atoms with E-state index in [0.717, 1.165) is 18.3 Å². The average Bonchev–Trinajstić information content (AvgIpc) is 2.59. The van der Waals surface area contributed by atoms with Crippen LogP contribution in [0.1, 0.15) is 20.8 Å². The number of likely N-dealkylation sites (N-methyl/N-ethyl adjacent to an activating group) is 1. The Balaban J connectivity index is 0.00000625. The van der Waals surface area contributed by atoms with E-state index in [0.29, 0.717) is 24.7 Å². The minimum absolute atomic E-state index is 0. The molecule has 1 aromatic rings. The summed E-state index contributed by atoms with van der Waals surface area (Å²) < 4.78 is 5.71. The monoisotopic (exact) mass is 496 g/mol. The van der Waals surface area contributed by atoms with E-state index in [4.69, 9.17) is 16.3 Å². The molecule has 0 spiro atoms. The van der Waals surface area contributed by atoms with E-state index in [9.17, 15) is 4.79 Å². The average molecular weight is 497 g/mol. The molecule has 0 radical (unpaired) electrons. The fourth-order valence-electron chi connectivity index (χ4n) is 2.09. The summed E-state index contributed by atoms with van der Waals surface area (Å²) in [5, 5.41) is 6.60. The number of ether oxygens (including phenoxy) is 1. The minimum Gasteiger partial charge on any atom is -0.492 e. The van der Waals surface area contributed by atoms with Crippen LogP contribution in [0.3, 0.4) is 0 Å². The van der Waals surface area contributed by atoms with Gasteiger partial charge in [0.1, 0.15) is 12.4 Å². The van der Waals surface area contributed by atoms with Crippen LogP contribution >= 0.6 is 35.6 Å². The number of guanidine groups is 1. The number of carbonyl (C=O) groups excluding carboxylic acids is 1. The Morgan fingerprint density at radius 1 is 1.31 bits per heavy atom. The third-order valence-corrected chi connectivity index (χ3v) is 3.92. The van der Waals surface area contributed by atoms with Crippen molar-refractivity contribution in [2.24, 2.45) is 10.4 Å². The van der Waals surface area contributed by atoms with Crippen molar-refractivity contribution in [1.29, 1.82) is 0 Å². The van der Waals surface area contributed by atoms with Crippen LogP contribution in [0.4, 0.5) is 0 Å². The molecule has 6 nitrogen and oxygen atoms in total. The minimum atomic E-state index is -0.559. The largest absolute Gasteiger partial charge is 0.492 e. The molecule has 0 bridgehead atoms. The van der Waals surface area contributed by atoms with Crippen molar-refractivity contribution in [3.63, 3.8) is 0 Å². The Bertz CT molecular complexity index is 579. The molecule has 1 aromatic carbocycles. The highest BCUT2D eigenvalue weighted by Crippen LogP contribution is 2.16. The SMILES string of the molecule is CCNC(=NCC(C)(C)C(=O)NC)N(C)CCOc1ccc(Cl)cc1.I. The molecule has 0 aliphatic heterocycles. The van der Waals surface area contributed by atoms with Gasteiger partial charge in [-0.15, -0.1) is 24.0 Å². The highest BCUT2D eigenvalue weighted by molar-refractivity contribution is 14.0. The number of halogens is 2. The van der Waals surface area contributed by atoms with Gasteiger partial charge in [0.25, 0.3) is 0 Å². The molecule has 148 valence electrons. The molecular weight excluding hydrogens is 467 g/mol. The van der Waals surface area contributed by atoms with Crippen molar-refractivity contribution in [3.8, 4) is 5.75 Å². The predicted octanol–water partition coefficient (Wildman–Crippen LogP) is 3.01. The molecule has 1 amide bonds. The summed E-state index contributed by atoms with van der Waals surface area (Å²) in [5.41, 5.74) is -0.559. The van der Waals surface area contributed by atoms with E-state index < -0.39 is 5.41 Å². The smallest absolute Gasteiger partial charge is 0.227 e. The van der Waals surface area contributed by atoms with Crippen LogP contribution in [0.2, 0.25) is 5.02 Å². The van der Waals surface area contributed by atoms with Crippen molar-refractivity contribution in [2.45, 2.75) is 20.8 Å². The van der Waals surface area contributed by atoms with Crippen LogP contribution in [0.15, 0.2) is 29.3 Å². The molecule has 0 atom stereocenters. The van der Waals surface area contributed by atoms with E-state index >= 15 is 0 Å². The summed E-state index contributed by atoms with van der Waals surface area (Å²) in [7, 11) is 3.58. The van der Waals surface area contributed by atoms with Crippen LogP contribution in [0, 0.1) is 5.41 Å². The van der Waals surface area contributed by atoms with Gasteiger partial charge in [0.2, 0.25) is 5.91 Å². The summed E-state index contributed by atoms with van der Waals surface area (Å²) in [5.74, 6) is 1.50. The highest BCUT2D eigenvalue weighted by atomic mass is 127. The third kappa shape index (κ3) is 8.44. The fraction of sp³-hybridized carbons (Fsp3) is 0.556. The molecule has 8 heteroatoms. The third-order valence-electron chi connectivity index (χ3n) is 3.67. The van der Waals surface area contributed by atoms with E-state index in [1.165, 1.54) is 0 Å². The zero-order valence-corrected chi connectivity index (χ0v) is 19.2. The standard InChI is InChI=1S/C18H29ClN4O2.HI/c1-6-21-17(22-13-18(2,3)16(24)20-4)23(5)11-12-25-15-9-7-14(19)8-10-15;/h7-10H,6,11-13H2,1-5H3,(H,20,24)(H,21,22);1H. The lowest BCUT2D eigenvalue weighted by atomic mass is 9.93. The molecule has 1 rings (SSSR count). The van der Waals surface area contributed by atoms with Crippen molar-refractivity contribution < 1.29 is 9.53 Å². The van der Waals surface area contributed by atoms with Crippen molar-refractivity contribution in [1.82, 2.24) is 15.5 Å². The lowest BCUT2D eigenvalue weighted by Crippen LogP contribution is -2.43. The number of benzene rings is 1. The number of rotatable bonds is 8. The summed E-state index contributed by atoms with van der Waals surface area (Å²) >= 11 is 5.86. The van der Waals surface area contributed by atoms with Gasteiger partial charge in [-0.2, -0.15) is 0 Å². The lowest BCUT2D eigenvalue weighted by Gasteiger charge is -2.25. The van der Waals surface area contributed by atoms with Crippen molar-refractivity contribution in [2.75, 3.05) is 40.3 Å². The summed E-state index contributed by atoms with van der Waals surface area (Å²) in [4.78, 5) is 18.5. The summed E-state index contributed by atoms with van der Waals surface area (Å²) in [6.07, 6.45) is 0. The predicted molar refractivity (Wildman–Crippen MR) is 119 cm³/mol. The zero-order chi connectivity index (χ0) is 18.9. The molecule has 26 heavy (non-hydrogen) atoms. The van der Waals surface area contributed by atoms with Crippen molar-refractivity contribution in [3.05, 3.63) is 29.3 Å². The van der Waals surface area contributed by atoms with E-state index in [1.807, 2.05) is 44.9 Å². The van der Waals surface area contributed by atoms with Gasteiger partial charge >= 0.3 is 0 Å². The Morgan fingerprint density at radius 3 is 2.46 bits per heavy atom. The molecule has 2 N–H and O–H groups in total. The van der Waals surface area contributed by atoms with Crippen LogP contribution in [0.25, 0.3) is 0 Å². The first kappa shape index (κ1) is 24.8. The first-order valence-electron chi connectivity index (χ1n) is 8.40. The van der Waals surface area contributed by atoms with Gasteiger partial charge in [-0.05, 0) is 45.0 Å². The highest BCUT2D eigenvalue weighted by Gasteiger charge is 2.26. The van der Waals surface area contributed by atoms with Gasteiger partial charge in [-0.25, -0.2) is 0 Å². The Morgan fingerprint density at radius 2 is 1.92 bits per heavy atom. The molecule has 0 saturated heterocycles. The van der Waals surface area contributed by atoms with Crippen molar-refractivity contribution >= 4 is 47.4 Å². The lowest BCUT2D eigenvalue weighted by molar-refractivity contribution is -0.128. The molecule has 0 heterocycles. The van der Waals surface area contributed by atoms with E-state index in [1.54, 1.807) is 19.2 Å². The van der Waals surface area contributed by atoms with Gasteiger partial charge in [0.15, 0.2) is 5.96 Å². The number of carbonyl (C=O) groups is 1. The van der Waals surface area contributed by atoms with Crippen LogP contribution in [0.5, 0.6) is 5.75 Å². The molecule has 0 unspecified atom stereocenters. The maximum absolute atomic E-state index is 11.9. The van der Waals surface area contributed by atoms with Gasteiger partial charge in [0.05, 0.1) is 18.5 Å². The summed E-state index contributed by atoms with van der Waals surface area (Å²) in [6.45, 7) is 8.10. The second-order valence-corrected chi connectivity index (χ2v) is 6.79. The molecule has 0 aliphatic carbocycles. The second kappa shape index (κ2) is 12.2. The van der Waals surface area contributed by atoms with E-state index in [2.05, 4.69) is 15.6 Å². The molecule has 0 saturated carbocycles. The number of nitrogens with zero attached hydrogens (tertiary/aromatic N) is 2. The first-order valence-corrected chi connectivity index (χ1v) is 8.78. The topological polar surface area (TPSA) is 66.0 Å². The Kier molecular flexibility index (Phi) is 11.6. The molecule has 0 fully saturated rings. The van der Waals surface area contributed by atoms with Gasteiger partial charge in [-0.1, -0.05) is 11.6 Å². The number of nitrogens with one attached hydrogen (secondary N) is 2. The maximum atomic E-state index is 11.9. The Hall–Kier alpha value is -1.22. The van der Waals surface area contributed by atoms with Crippen LogP contribution < -0.4 is 15.4 Å². The Labute approximate surface area is 178 Å². The van der Waals surface area contributed by atoms with Crippen LogP contribution in [-0.4, -0.2) is 57.1 Å². The normalized spacial score (nSPS) is 11.4. The molecular formula is C18H30ClIN4O2. The van der Waals surface area contributed by atoms with Gasteiger partial charge in [0, 0.05) is 25.7 Å². The van der Waals surface area contributed by atoms with E-state index in [-0.39, 0.29) is 29.9 Å². The number of hydrogen-bond acceptors (Lipinski definition) is 3. The van der Waals surface area contributed by atoms with Crippen LogP contribution in [-0.2, 0) is 4.79 Å². The number of amides is 1. The second-order valence-electron chi connectivity index (χ2n) is 6.36.